The van der Waals surface area contributed by atoms with Gasteiger partial charge in [0.15, 0.2) is 5.82 Å². The molecule has 0 amide bonds. The summed E-state index contributed by atoms with van der Waals surface area (Å²) in [4.78, 5) is 4.52. The SMILES string of the molecule is Brc1cccc(-c2n[nH]c(C3CNC3)n2)c1. The van der Waals surface area contributed by atoms with Crippen LogP contribution in [0.4, 0.5) is 0 Å². The van der Waals surface area contributed by atoms with Crippen molar-refractivity contribution in [3.8, 4) is 11.4 Å². The summed E-state index contributed by atoms with van der Waals surface area (Å²) in [5.41, 5.74) is 1.03. The van der Waals surface area contributed by atoms with E-state index < -0.39 is 0 Å². The molecule has 2 heterocycles. The van der Waals surface area contributed by atoms with Crippen LogP contribution in [-0.4, -0.2) is 28.3 Å². The summed E-state index contributed by atoms with van der Waals surface area (Å²) in [6, 6.07) is 8.01. The van der Waals surface area contributed by atoms with E-state index in [2.05, 4.69) is 36.4 Å². The molecule has 0 atom stereocenters. The number of hydrogen-bond donors (Lipinski definition) is 2. The maximum atomic E-state index is 4.52. The predicted octanol–water partition coefficient (Wildman–Crippen LogP) is 1.92. The zero-order valence-corrected chi connectivity index (χ0v) is 10.2. The largest absolute Gasteiger partial charge is 0.315 e. The van der Waals surface area contributed by atoms with Gasteiger partial charge in [0, 0.05) is 29.0 Å². The lowest BCUT2D eigenvalue weighted by molar-refractivity contribution is 0.431. The first-order chi connectivity index (χ1) is 7.83. The summed E-state index contributed by atoms with van der Waals surface area (Å²) >= 11 is 3.44. The minimum Gasteiger partial charge on any atom is -0.315 e. The van der Waals surface area contributed by atoms with Crippen LogP contribution in [0.15, 0.2) is 28.7 Å². The number of nitrogens with one attached hydrogen (secondary N) is 2. The molecule has 2 aromatic rings. The van der Waals surface area contributed by atoms with E-state index in [4.69, 9.17) is 0 Å². The number of nitrogens with zero attached hydrogens (tertiary/aromatic N) is 2. The molecular weight excluding hydrogens is 268 g/mol. The second-order valence-electron chi connectivity index (χ2n) is 3.91. The number of H-pyrrole nitrogens is 1. The quantitative estimate of drug-likeness (QED) is 0.883. The summed E-state index contributed by atoms with van der Waals surface area (Å²) in [6.45, 7) is 1.99. The Morgan fingerprint density at radius 3 is 2.88 bits per heavy atom. The molecular formula is C11H11BrN4. The van der Waals surface area contributed by atoms with E-state index in [0.717, 1.165) is 34.8 Å². The van der Waals surface area contributed by atoms with Gasteiger partial charge in [-0.2, -0.15) is 5.10 Å². The fraction of sp³-hybridized carbons (Fsp3) is 0.273. The van der Waals surface area contributed by atoms with Crippen molar-refractivity contribution in [1.82, 2.24) is 20.5 Å². The van der Waals surface area contributed by atoms with Crippen LogP contribution in [0.25, 0.3) is 11.4 Å². The van der Waals surface area contributed by atoms with Gasteiger partial charge >= 0.3 is 0 Å². The Hall–Kier alpha value is -1.20. The van der Waals surface area contributed by atoms with Gasteiger partial charge in [-0.1, -0.05) is 28.1 Å². The van der Waals surface area contributed by atoms with E-state index in [0.29, 0.717) is 5.92 Å². The van der Waals surface area contributed by atoms with Gasteiger partial charge < -0.3 is 5.32 Å². The highest BCUT2D eigenvalue weighted by atomic mass is 79.9. The van der Waals surface area contributed by atoms with Gasteiger partial charge in [-0.15, -0.1) is 0 Å². The molecule has 4 nitrogen and oxygen atoms in total. The van der Waals surface area contributed by atoms with Crippen molar-refractivity contribution in [2.75, 3.05) is 13.1 Å². The Bertz CT molecular complexity index is 504. The molecule has 0 radical (unpaired) electrons. The van der Waals surface area contributed by atoms with Crippen LogP contribution in [-0.2, 0) is 0 Å². The first-order valence-corrected chi connectivity index (χ1v) is 6.01. The van der Waals surface area contributed by atoms with Gasteiger partial charge in [0.25, 0.3) is 0 Å². The van der Waals surface area contributed by atoms with E-state index >= 15 is 0 Å². The Labute approximate surface area is 102 Å². The Morgan fingerprint density at radius 1 is 1.31 bits per heavy atom. The zero-order chi connectivity index (χ0) is 11.0. The Morgan fingerprint density at radius 2 is 2.19 bits per heavy atom. The molecule has 2 N–H and O–H groups in total. The third kappa shape index (κ3) is 1.76. The normalized spacial score (nSPS) is 16.1. The maximum absolute atomic E-state index is 4.52. The number of aromatic nitrogens is 3. The van der Waals surface area contributed by atoms with Gasteiger partial charge in [0.2, 0.25) is 0 Å². The minimum absolute atomic E-state index is 0.494. The van der Waals surface area contributed by atoms with Gasteiger partial charge in [-0.3, -0.25) is 5.10 Å². The molecule has 0 spiro atoms. The summed E-state index contributed by atoms with van der Waals surface area (Å²) in [5, 5.41) is 10.5. The molecule has 3 rings (SSSR count). The standard InChI is InChI=1S/C11H11BrN4/c12-9-3-1-2-7(4-9)10-14-11(16-15-10)8-5-13-6-8/h1-4,8,13H,5-6H2,(H,14,15,16). The highest BCUT2D eigenvalue weighted by Crippen LogP contribution is 2.22. The van der Waals surface area contributed by atoms with Gasteiger partial charge in [0.1, 0.15) is 5.82 Å². The average molecular weight is 279 g/mol. The molecule has 1 fully saturated rings. The molecule has 16 heavy (non-hydrogen) atoms. The number of aromatic amines is 1. The smallest absolute Gasteiger partial charge is 0.181 e. The Kier molecular flexibility index (Phi) is 2.49. The lowest BCUT2D eigenvalue weighted by atomic mass is 10.0. The molecule has 1 aliphatic rings. The first-order valence-electron chi connectivity index (χ1n) is 5.22. The number of rotatable bonds is 2. The minimum atomic E-state index is 0.494. The molecule has 0 unspecified atom stereocenters. The number of halogens is 1. The lowest BCUT2D eigenvalue weighted by Crippen LogP contribution is -2.40. The van der Waals surface area contributed by atoms with Crippen molar-refractivity contribution < 1.29 is 0 Å². The number of benzene rings is 1. The highest BCUT2D eigenvalue weighted by molar-refractivity contribution is 9.10. The average Bonchev–Trinajstić information content (AvgIpc) is 2.64. The van der Waals surface area contributed by atoms with Gasteiger partial charge in [-0.05, 0) is 12.1 Å². The van der Waals surface area contributed by atoms with Crippen LogP contribution in [0.1, 0.15) is 11.7 Å². The van der Waals surface area contributed by atoms with Crippen molar-refractivity contribution in [2.45, 2.75) is 5.92 Å². The molecule has 0 saturated carbocycles. The molecule has 82 valence electrons. The van der Waals surface area contributed by atoms with Crippen LogP contribution in [0.3, 0.4) is 0 Å². The van der Waals surface area contributed by atoms with Crippen molar-refractivity contribution in [3.05, 3.63) is 34.6 Å². The van der Waals surface area contributed by atoms with Crippen molar-refractivity contribution in [1.29, 1.82) is 0 Å². The van der Waals surface area contributed by atoms with Crippen molar-refractivity contribution >= 4 is 15.9 Å². The third-order valence-corrected chi connectivity index (χ3v) is 3.25. The maximum Gasteiger partial charge on any atom is 0.181 e. The summed E-state index contributed by atoms with van der Waals surface area (Å²) in [5.74, 6) is 2.24. The third-order valence-electron chi connectivity index (χ3n) is 2.75. The molecule has 1 aliphatic heterocycles. The summed E-state index contributed by atoms with van der Waals surface area (Å²) in [6.07, 6.45) is 0. The van der Waals surface area contributed by atoms with Crippen LogP contribution in [0.2, 0.25) is 0 Å². The monoisotopic (exact) mass is 278 g/mol. The molecule has 1 aromatic carbocycles. The van der Waals surface area contributed by atoms with E-state index in [1.54, 1.807) is 0 Å². The van der Waals surface area contributed by atoms with E-state index in [-0.39, 0.29) is 0 Å². The van der Waals surface area contributed by atoms with E-state index in [9.17, 15) is 0 Å². The molecule has 1 aromatic heterocycles. The van der Waals surface area contributed by atoms with Crippen molar-refractivity contribution in [3.63, 3.8) is 0 Å². The van der Waals surface area contributed by atoms with Crippen LogP contribution in [0, 0.1) is 0 Å². The first kappa shape index (κ1) is 9.99. The van der Waals surface area contributed by atoms with E-state index in [1.165, 1.54) is 0 Å². The topological polar surface area (TPSA) is 53.6 Å². The van der Waals surface area contributed by atoms with Crippen LogP contribution >= 0.6 is 15.9 Å². The second-order valence-corrected chi connectivity index (χ2v) is 4.83. The number of hydrogen-bond acceptors (Lipinski definition) is 3. The van der Waals surface area contributed by atoms with Crippen LogP contribution in [0.5, 0.6) is 0 Å². The fourth-order valence-electron chi connectivity index (χ4n) is 1.70. The van der Waals surface area contributed by atoms with E-state index in [1.807, 2.05) is 24.3 Å². The second kappa shape index (κ2) is 3.99. The summed E-state index contributed by atoms with van der Waals surface area (Å²) in [7, 11) is 0. The van der Waals surface area contributed by atoms with Crippen molar-refractivity contribution in [2.24, 2.45) is 0 Å². The molecule has 0 bridgehead atoms. The zero-order valence-electron chi connectivity index (χ0n) is 8.57. The van der Waals surface area contributed by atoms with Gasteiger partial charge in [0.05, 0.1) is 0 Å². The highest BCUT2D eigenvalue weighted by Gasteiger charge is 2.22. The summed E-state index contributed by atoms with van der Waals surface area (Å²) < 4.78 is 1.04. The fourth-order valence-corrected chi connectivity index (χ4v) is 2.09. The van der Waals surface area contributed by atoms with Gasteiger partial charge in [-0.25, -0.2) is 4.98 Å². The Balaban J connectivity index is 1.91. The lowest BCUT2D eigenvalue weighted by Gasteiger charge is -2.24. The molecule has 5 heteroatoms. The van der Waals surface area contributed by atoms with Crippen LogP contribution < -0.4 is 5.32 Å². The molecule has 1 saturated heterocycles. The predicted molar refractivity (Wildman–Crippen MR) is 65.1 cm³/mol. The molecule has 0 aliphatic carbocycles.